The average Bonchev–Trinajstić information content (AvgIpc) is 2.75. The summed E-state index contributed by atoms with van der Waals surface area (Å²) in [4.78, 5) is 25.6. The van der Waals surface area contributed by atoms with E-state index in [9.17, 15) is 30.8 Å². The number of carbonyl (C=O) groups is 1. The van der Waals surface area contributed by atoms with Gasteiger partial charge in [0, 0.05) is 25.8 Å². The Bertz CT molecular complexity index is 1520. The number of aryl methyl sites for hydroxylation is 2. The van der Waals surface area contributed by atoms with E-state index in [0.717, 1.165) is 12.5 Å². The van der Waals surface area contributed by atoms with Crippen molar-refractivity contribution in [2.45, 2.75) is 19.5 Å². The van der Waals surface area contributed by atoms with Crippen LogP contribution in [0, 0.1) is 12.7 Å². The predicted octanol–water partition coefficient (Wildman–Crippen LogP) is 3.77. The van der Waals surface area contributed by atoms with Gasteiger partial charge in [0.05, 0.1) is 33.6 Å². The molecule has 1 fully saturated rings. The Balaban J connectivity index is 0.000000479. The number of anilines is 3. The van der Waals surface area contributed by atoms with E-state index in [-0.39, 0.29) is 22.0 Å². The molecule has 1 aliphatic heterocycles. The molecule has 0 unspecified atom stereocenters. The minimum Gasteiger partial charge on any atom is -0.475 e. The van der Waals surface area contributed by atoms with Gasteiger partial charge < -0.3 is 15.0 Å². The minimum atomic E-state index is -5.08. The van der Waals surface area contributed by atoms with E-state index in [1.165, 1.54) is 21.3 Å². The van der Waals surface area contributed by atoms with E-state index in [4.69, 9.17) is 21.5 Å². The van der Waals surface area contributed by atoms with E-state index in [2.05, 4.69) is 15.0 Å². The van der Waals surface area contributed by atoms with Crippen molar-refractivity contribution in [3.8, 4) is 0 Å². The lowest BCUT2D eigenvalue weighted by molar-refractivity contribution is -0.192. The van der Waals surface area contributed by atoms with Gasteiger partial charge >= 0.3 is 22.4 Å². The van der Waals surface area contributed by atoms with Crippen LogP contribution < -0.4 is 15.6 Å². The highest BCUT2D eigenvalue weighted by atomic mass is 35.5. The molecule has 0 saturated carbocycles. The molecule has 0 radical (unpaired) electrons. The van der Waals surface area contributed by atoms with Crippen LogP contribution in [-0.4, -0.2) is 52.6 Å². The van der Waals surface area contributed by atoms with E-state index in [0.29, 0.717) is 35.2 Å². The fourth-order valence-corrected chi connectivity index (χ4v) is 4.82. The fraction of sp³-hybridized carbons (Fsp3) is 0.286. The summed E-state index contributed by atoms with van der Waals surface area (Å²) in [5, 5.41) is 10.3. The Morgan fingerprint density at radius 3 is 2.30 bits per heavy atom. The third kappa shape index (κ3) is 6.11. The van der Waals surface area contributed by atoms with Gasteiger partial charge in [-0.05, 0) is 43.2 Å². The van der Waals surface area contributed by atoms with Crippen LogP contribution in [0.5, 0.6) is 0 Å². The zero-order valence-corrected chi connectivity index (χ0v) is 20.8. The standard InChI is InChI=1S/C19H19ClFN5O3S.C2HF3O2/c1-11-13(6-7-14-16(11)19(27)25(2)10-22-14)23-18-12(21)4-5-15(17(18)20)24-30(28,29)26-8-3-9-26;3-2(4,5)1(6)7/h4-7,10,23-24H,3,8-9H2,1-2H3;(H,6,7). The molecule has 0 amide bonds. The largest absolute Gasteiger partial charge is 0.490 e. The van der Waals surface area contributed by atoms with Gasteiger partial charge in [0.1, 0.15) is 5.82 Å². The third-order valence-electron chi connectivity index (χ3n) is 5.33. The second-order valence-corrected chi connectivity index (χ2v) is 9.91. The van der Waals surface area contributed by atoms with Gasteiger partial charge in [0.15, 0.2) is 0 Å². The van der Waals surface area contributed by atoms with Gasteiger partial charge in [0.2, 0.25) is 0 Å². The Hall–Kier alpha value is -3.43. The van der Waals surface area contributed by atoms with Crippen molar-refractivity contribution in [3.63, 3.8) is 0 Å². The highest BCUT2D eigenvalue weighted by Gasteiger charge is 2.38. The van der Waals surface area contributed by atoms with Crippen LogP contribution in [0.25, 0.3) is 10.9 Å². The van der Waals surface area contributed by atoms with Gasteiger partial charge in [0.25, 0.3) is 5.56 Å². The Kier molecular flexibility index (Phi) is 8.00. The summed E-state index contributed by atoms with van der Waals surface area (Å²) < 4.78 is 76.0. The molecule has 0 aliphatic carbocycles. The number of rotatable bonds is 5. The van der Waals surface area contributed by atoms with Crippen LogP contribution in [0.1, 0.15) is 12.0 Å². The summed E-state index contributed by atoms with van der Waals surface area (Å²) >= 11 is 6.34. The first-order valence-corrected chi connectivity index (χ1v) is 12.2. The highest BCUT2D eigenvalue weighted by Crippen LogP contribution is 2.37. The predicted molar refractivity (Wildman–Crippen MR) is 129 cm³/mol. The first-order chi connectivity index (χ1) is 17.1. The van der Waals surface area contributed by atoms with Crippen LogP contribution >= 0.6 is 11.6 Å². The molecule has 1 aliphatic rings. The van der Waals surface area contributed by atoms with Crippen LogP contribution in [0.2, 0.25) is 5.02 Å². The van der Waals surface area contributed by atoms with Gasteiger partial charge in [-0.3, -0.25) is 9.52 Å². The zero-order chi connectivity index (χ0) is 27.7. The SMILES string of the molecule is Cc1c(Nc2c(F)ccc(NS(=O)(=O)N3CCC3)c2Cl)ccc2ncn(C)c(=O)c12.O=C(O)C(F)(F)F. The number of nitrogens with one attached hydrogen (secondary N) is 2. The lowest BCUT2D eigenvalue weighted by atomic mass is 10.1. The van der Waals surface area contributed by atoms with Gasteiger partial charge in [-0.25, -0.2) is 14.2 Å². The minimum absolute atomic E-state index is 0.0588. The summed E-state index contributed by atoms with van der Waals surface area (Å²) in [6.07, 6.45) is -2.86. The van der Waals surface area contributed by atoms with Crippen molar-refractivity contribution in [1.29, 1.82) is 0 Å². The quantitative estimate of drug-likeness (QED) is 0.401. The number of aliphatic carboxylic acids is 1. The van der Waals surface area contributed by atoms with Gasteiger partial charge in [-0.2, -0.15) is 25.9 Å². The number of carboxylic acids is 1. The summed E-state index contributed by atoms with van der Waals surface area (Å²) in [6.45, 7) is 2.58. The number of aromatic nitrogens is 2. The Morgan fingerprint density at radius 1 is 1.16 bits per heavy atom. The summed E-state index contributed by atoms with van der Waals surface area (Å²) in [5.74, 6) is -3.42. The maximum atomic E-state index is 14.6. The summed E-state index contributed by atoms with van der Waals surface area (Å²) in [6, 6.07) is 5.71. The molecular weight excluding hydrogens is 546 g/mol. The topological polar surface area (TPSA) is 134 Å². The van der Waals surface area contributed by atoms with Crippen LogP contribution in [0.4, 0.5) is 34.6 Å². The third-order valence-corrected chi connectivity index (χ3v) is 7.25. The average molecular weight is 566 g/mol. The number of alkyl halides is 3. The smallest absolute Gasteiger partial charge is 0.475 e. The van der Waals surface area contributed by atoms with Crippen LogP contribution in [0.15, 0.2) is 35.4 Å². The van der Waals surface area contributed by atoms with Crippen LogP contribution in [-0.2, 0) is 22.1 Å². The molecule has 0 bridgehead atoms. The molecule has 2 aromatic carbocycles. The number of fused-ring (bicyclic) bond motifs is 1. The number of hydrogen-bond acceptors (Lipinski definition) is 6. The van der Waals surface area contributed by atoms with E-state index in [1.54, 1.807) is 26.1 Å². The summed E-state index contributed by atoms with van der Waals surface area (Å²) in [7, 11) is -2.16. The molecule has 0 atom stereocenters. The van der Waals surface area contributed by atoms with Gasteiger partial charge in [-0.15, -0.1) is 0 Å². The van der Waals surface area contributed by atoms with Gasteiger partial charge in [-0.1, -0.05) is 11.6 Å². The molecule has 0 spiro atoms. The van der Waals surface area contributed by atoms with Crippen molar-refractivity contribution in [1.82, 2.24) is 13.9 Å². The number of carboxylic acid groups (broad SMARTS) is 1. The second kappa shape index (κ2) is 10.5. The van der Waals surface area contributed by atoms with Crippen molar-refractivity contribution in [3.05, 3.63) is 57.3 Å². The highest BCUT2D eigenvalue weighted by molar-refractivity contribution is 7.90. The number of halogens is 5. The molecule has 1 saturated heterocycles. The first kappa shape index (κ1) is 28.1. The Morgan fingerprint density at radius 2 is 1.76 bits per heavy atom. The molecule has 3 N–H and O–H groups in total. The molecule has 200 valence electrons. The summed E-state index contributed by atoms with van der Waals surface area (Å²) in [5.41, 5.74) is 1.28. The van der Waals surface area contributed by atoms with Crippen molar-refractivity contribution >= 4 is 55.7 Å². The zero-order valence-electron chi connectivity index (χ0n) is 19.2. The molecule has 16 heteroatoms. The maximum absolute atomic E-state index is 14.6. The Labute approximate surface area is 212 Å². The van der Waals surface area contributed by atoms with E-state index >= 15 is 0 Å². The van der Waals surface area contributed by atoms with Crippen molar-refractivity contribution < 1.29 is 35.9 Å². The first-order valence-electron chi connectivity index (χ1n) is 10.4. The van der Waals surface area contributed by atoms with Crippen LogP contribution in [0.3, 0.4) is 0 Å². The monoisotopic (exact) mass is 565 g/mol. The molecule has 2 heterocycles. The molecule has 3 aromatic rings. The van der Waals surface area contributed by atoms with E-state index in [1.807, 2.05) is 0 Å². The maximum Gasteiger partial charge on any atom is 0.490 e. The van der Waals surface area contributed by atoms with E-state index < -0.39 is 28.2 Å². The number of hydrogen-bond donors (Lipinski definition) is 3. The normalized spacial score (nSPS) is 13.9. The molecular formula is C21H20ClF4N5O5S. The molecule has 37 heavy (non-hydrogen) atoms. The lowest BCUT2D eigenvalue weighted by Gasteiger charge is -2.30. The van der Waals surface area contributed by atoms with Crippen molar-refractivity contribution in [2.75, 3.05) is 23.1 Å². The number of nitrogens with zero attached hydrogens (tertiary/aromatic N) is 3. The van der Waals surface area contributed by atoms with Crippen molar-refractivity contribution in [2.24, 2.45) is 7.05 Å². The lowest BCUT2D eigenvalue weighted by Crippen LogP contribution is -2.45. The molecule has 10 nitrogen and oxygen atoms in total. The molecule has 4 rings (SSSR count). The number of benzene rings is 2. The fourth-order valence-electron chi connectivity index (χ4n) is 3.20. The molecule has 1 aromatic heterocycles. The second-order valence-electron chi connectivity index (χ2n) is 7.86.